The van der Waals surface area contributed by atoms with Gasteiger partial charge in [-0.3, -0.25) is 0 Å². The highest BCUT2D eigenvalue weighted by molar-refractivity contribution is 7.86. The molecule has 0 bridgehead atoms. The van der Waals surface area contributed by atoms with Crippen LogP contribution >= 0.6 is 0 Å². The zero-order valence-corrected chi connectivity index (χ0v) is 19.2. The van der Waals surface area contributed by atoms with Gasteiger partial charge in [-0.15, -0.1) is 0 Å². The van der Waals surface area contributed by atoms with E-state index in [1.54, 1.807) is 44.7 Å². The second-order valence-electron chi connectivity index (χ2n) is 7.25. The molecule has 0 aliphatic rings. The molecule has 1 aromatic carbocycles. The summed E-state index contributed by atoms with van der Waals surface area (Å²) in [5, 5.41) is 10.2. The van der Waals surface area contributed by atoms with Crippen molar-refractivity contribution < 1.29 is 40.2 Å². The quantitative estimate of drug-likeness (QED) is 0.406. The number of nitrogens with zero attached hydrogens (tertiary/aromatic N) is 2. The standard InChI is InChI=1S/C22H20N2O7S2/c1-23-11-9-17(21(14-23)32(26,27)28)5-3-16-4-8-20(25)19(13-16)7-6-18-10-12-24(2)15-22(18)33(29,30)31/h3-15H,1-2H3,(H-,26,27,28,29,30,31). The third-order valence-electron chi connectivity index (χ3n) is 4.68. The maximum absolute atomic E-state index is 11.5. The van der Waals surface area contributed by atoms with Gasteiger partial charge in [0.25, 0.3) is 0 Å². The van der Waals surface area contributed by atoms with Crippen molar-refractivity contribution in [1.82, 2.24) is 0 Å². The number of aryl methyl sites for hydroxylation is 2. The highest BCUT2D eigenvalue weighted by Gasteiger charge is 2.13. The van der Waals surface area contributed by atoms with Crippen LogP contribution in [-0.2, 0) is 34.3 Å². The fourth-order valence-corrected chi connectivity index (χ4v) is 4.47. The number of benzene rings is 1. The van der Waals surface area contributed by atoms with Crippen LogP contribution in [-0.4, -0.2) is 31.0 Å². The molecule has 0 radical (unpaired) electrons. The maximum atomic E-state index is 11.5. The molecule has 2 aromatic heterocycles. The number of pyridine rings is 2. The number of phenolic OH excluding ortho intramolecular Hbond substituents is 1. The van der Waals surface area contributed by atoms with E-state index in [-0.39, 0.29) is 21.8 Å². The molecule has 0 aliphatic heterocycles. The SMILES string of the molecule is C[n+]1ccc(/C=C/c2ccc(O)c(/C=C/c3cc[n+](C)cc3S(=O)(=O)[O-])c2)c(S(=O)(=O)[O-])c1. The van der Waals surface area contributed by atoms with Crippen molar-refractivity contribution in [2.75, 3.05) is 0 Å². The Morgan fingerprint density at radius 2 is 1.18 bits per heavy atom. The first-order valence-corrected chi connectivity index (χ1v) is 12.3. The molecule has 0 aliphatic carbocycles. The molecule has 172 valence electrons. The van der Waals surface area contributed by atoms with Crippen molar-refractivity contribution in [1.29, 1.82) is 0 Å². The van der Waals surface area contributed by atoms with E-state index in [9.17, 15) is 31.0 Å². The molecule has 0 unspecified atom stereocenters. The lowest BCUT2D eigenvalue weighted by atomic mass is 10.1. The normalized spacial score (nSPS) is 12.6. The van der Waals surface area contributed by atoms with E-state index in [2.05, 4.69) is 0 Å². The molecular formula is C22H20N2O7S2. The van der Waals surface area contributed by atoms with Gasteiger partial charge in [0.2, 0.25) is 0 Å². The molecule has 1 N–H and O–H groups in total. The van der Waals surface area contributed by atoms with Crippen LogP contribution in [0.5, 0.6) is 5.75 Å². The van der Waals surface area contributed by atoms with Crippen molar-refractivity contribution in [2.45, 2.75) is 9.79 Å². The number of hydrogen-bond donors (Lipinski definition) is 1. The van der Waals surface area contributed by atoms with E-state index >= 15 is 0 Å². The molecule has 3 rings (SSSR count). The Balaban J connectivity index is 1.97. The summed E-state index contributed by atoms with van der Waals surface area (Å²) in [4.78, 5) is -0.769. The summed E-state index contributed by atoms with van der Waals surface area (Å²) in [5.41, 5.74) is 1.27. The minimum absolute atomic E-state index is 0.0917. The summed E-state index contributed by atoms with van der Waals surface area (Å²) >= 11 is 0. The largest absolute Gasteiger partial charge is 0.744 e. The molecule has 9 nitrogen and oxygen atoms in total. The Hall–Kier alpha value is -3.38. The van der Waals surface area contributed by atoms with Crippen LogP contribution in [0.15, 0.2) is 64.9 Å². The van der Waals surface area contributed by atoms with Crippen LogP contribution < -0.4 is 9.13 Å². The van der Waals surface area contributed by atoms with Gasteiger partial charge in [-0.2, -0.15) is 0 Å². The van der Waals surface area contributed by atoms with Gasteiger partial charge in [0, 0.05) is 28.8 Å². The van der Waals surface area contributed by atoms with Crippen molar-refractivity contribution >= 4 is 44.5 Å². The molecule has 0 saturated heterocycles. The minimum Gasteiger partial charge on any atom is -0.744 e. The average Bonchev–Trinajstić information content (AvgIpc) is 2.72. The second kappa shape index (κ2) is 9.24. The van der Waals surface area contributed by atoms with Crippen LogP contribution in [0.4, 0.5) is 0 Å². The van der Waals surface area contributed by atoms with Gasteiger partial charge in [-0.25, -0.2) is 26.0 Å². The maximum Gasteiger partial charge on any atom is 0.186 e. The summed E-state index contributed by atoms with van der Waals surface area (Å²) in [6.45, 7) is 0. The average molecular weight is 489 g/mol. The number of hydrogen-bond acceptors (Lipinski definition) is 7. The zero-order valence-electron chi connectivity index (χ0n) is 17.6. The number of phenols is 1. The smallest absolute Gasteiger partial charge is 0.186 e. The Labute approximate surface area is 191 Å². The number of aromatic hydroxyl groups is 1. The fourth-order valence-electron chi connectivity index (χ4n) is 3.03. The van der Waals surface area contributed by atoms with Crippen molar-refractivity contribution in [3.05, 3.63) is 77.4 Å². The Morgan fingerprint density at radius 1 is 0.727 bits per heavy atom. The van der Waals surface area contributed by atoms with Crippen LogP contribution in [0.2, 0.25) is 0 Å². The van der Waals surface area contributed by atoms with Crippen molar-refractivity contribution in [2.24, 2.45) is 14.1 Å². The summed E-state index contributed by atoms with van der Waals surface area (Å²) < 4.78 is 72.2. The molecule has 0 atom stereocenters. The van der Waals surface area contributed by atoms with Gasteiger partial charge in [0.05, 0.1) is 0 Å². The fraction of sp³-hybridized carbons (Fsp3) is 0.0909. The predicted octanol–water partition coefficient (Wildman–Crippen LogP) is 1.19. The minimum atomic E-state index is -4.71. The van der Waals surface area contributed by atoms with E-state index in [1.165, 1.54) is 58.0 Å². The Morgan fingerprint density at radius 3 is 1.67 bits per heavy atom. The predicted molar refractivity (Wildman–Crippen MR) is 117 cm³/mol. The first-order valence-electron chi connectivity index (χ1n) is 9.44. The van der Waals surface area contributed by atoms with Gasteiger partial charge in [0.1, 0.15) is 49.9 Å². The number of aromatic nitrogens is 2. The molecular weight excluding hydrogens is 468 g/mol. The lowest BCUT2D eigenvalue weighted by molar-refractivity contribution is -0.673. The van der Waals surface area contributed by atoms with Gasteiger partial charge < -0.3 is 14.2 Å². The third kappa shape index (κ3) is 6.11. The Kier molecular flexibility index (Phi) is 6.79. The van der Waals surface area contributed by atoms with Gasteiger partial charge in [0.15, 0.2) is 24.8 Å². The van der Waals surface area contributed by atoms with E-state index in [0.29, 0.717) is 11.1 Å². The lowest BCUT2D eigenvalue weighted by Crippen LogP contribution is -2.28. The lowest BCUT2D eigenvalue weighted by Gasteiger charge is -2.09. The summed E-state index contributed by atoms with van der Waals surface area (Å²) in [5.74, 6) is -0.0917. The van der Waals surface area contributed by atoms with E-state index < -0.39 is 25.1 Å². The molecule has 2 heterocycles. The van der Waals surface area contributed by atoms with Gasteiger partial charge >= 0.3 is 0 Å². The summed E-state index contributed by atoms with van der Waals surface area (Å²) in [6, 6.07) is 7.51. The van der Waals surface area contributed by atoms with Crippen LogP contribution in [0.25, 0.3) is 24.3 Å². The third-order valence-corrected chi connectivity index (χ3v) is 6.44. The highest BCUT2D eigenvalue weighted by Crippen LogP contribution is 2.24. The molecule has 0 spiro atoms. The van der Waals surface area contributed by atoms with E-state index in [0.717, 1.165) is 0 Å². The first kappa shape index (κ1) is 24.3. The Bertz CT molecular complexity index is 1490. The number of rotatable bonds is 6. The van der Waals surface area contributed by atoms with Crippen molar-refractivity contribution in [3.63, 3.8) is 0 Å². The topological polar surface area (TPSA) is 142 Å². The highest BCUT2D eigenvalue weighted by atomic mass is 32.2. The van der Waals surface area contributed by atoms with E-state index in [4.69, 9.17) is 0 Å². The monoisotopic (exact) mass is 488 g/mol. The van der Waals surface area contributed by atoms with Gasteiger partial charge in [-0.05, 0) is 17.7 Å². The first-order chi connectivity index (χ1) is 15.3. The molecule has 0 fully saturated rings. The van der Waals surface area contributed by atoms with Crippen LogP contribution in [0.3, 0.4) is 0 Å². The van der Waals surface area contributed by atoms with Crippen LogP contribution in [0.1, 0.15) is 22.3 Å². The summed E-state index contributed by atoms with van der Waals surface area (Å²) in [6.07, 6.45) is 11.5. The second-order valence-corrected chi connectivity index (χ2v) is 9.95. The summed E-state index contributed by atoms with van der Waals surface area (Å²) in [7, 11) is -6.22. The van der Waals surface area contributed by atoms with Crippen LogP contribution in [0, 0.1) is 0 Å². The molecule has 0 saturated carbocycles. The molecule has 0 amide bonds. The zero-order chi connectivity index (χ0) is 24.4. The molecule has 3 aromatic rings. The molecule has 33 heavy (non-hydrogen) atoms. The molecule has 11 heteroatoms. The van der Waals surface area contributed by atoms with Crippen molar-refractivity contribution in [3.8, 4) is 5.75 Å². The van der Waals surface area contributed by atoms with Gasteiger partial charge in [-0.1, -0.05) is 30.4 Å². The van der Waals surface area contributed by atoms with E-state index in [1.807, 2.05) is 0 Å².